The lowest BCUT2D eigenvalue weighted by Gasteiger charge is -2.30. The molecule has 3 fully saturated rings. The van der Waals surface area contributed by atoms with E-state index in [0.29, 0.717) is 30.8 Å². The van der Waals surface area contributed by atoms with Gasteiger partial charge in [0.1, 0.15) is 0 Å². The lowest BCUT2D eigenvalue weighted by Crippen LogP contribution is -2.34. The molecule has 0 aromatic carbocycles. The van der Waals surface area contributed by atoms with E-state index in [2.05, 4.69) is 13.8 Å². The Hall–Kier alpha value is -1.06. The van der Waals surface area contributed by atoms with Crippen LogP contribution in [0.5, 0.6) is 0 Å². The fourth-order valence-corrected chi connectivity index (χ4v) is 4.02. The highest BCUT2D eigenvalue weighted by atomic mass is 16.6. The zero-order valence-corrected chi connectivity index (χ0v) is 10.9. The Balaban J connectivity index is 0.000001000. The molecule has 2 saturated carbocycles. The van der Waals surface area contributed by atoms with Crippen LogP contribution in [0.4, 0.5) is 0 Å². The molecule has 0 aromatic heterocycles. The lowest BCUT2D eigenvalue weighted by molar-refractivity contribution is -0.165. The third-order valence-electron chi connectivity index (χ3n) is 5.35. The number of ether oxygens (including phenoxy) is 2. The topological polar surface area (TPSA) is 52.6 Å². The molecule has 0 N–H and O–H groups in total. The standard InChI is InChI=1S/C14H20O4.2CH4/c1-7-8(2)10-5-9(7)6-11(10)13(15)18-12-3-4-17-14(12)16;;/h7-12H,3-6H2,1-2H3;2*1H4. The van der Waals surface area contributed by atoms with E-state index in [0.717, 1.165) is 18.8 Å². The number of cyclic esters (lactones) is 1. The highest BCUT2D eigenvalue weighted by molar-refractivity contribution is 5.81. The number of esters is 2. The van der Waals surface area contributed by atoms with Gasteiger partial charge in [0.15, 0.2) is 0 Å². The smallest absolute Gasteiger partial charge is 0.347 e. The van der Waals surface area contributed by atoms with Gasteiger partial charge >= 0.3 is 11.9 Å². The van der Waals surface area contributed by atoms with Crippen molar-refractivity contribution >= 4 is 11.9 Å². The van der Waals surface area contributed by atoms with E-state index in [1.807, 2.05) is 0 Å². The van der Waals surface area contributed by atoms with Crippen molar-refractivity contribution in [1.82, 2.24) is 0 Å². The number of fused-ring (bicyclic) bond motifs is 2. The zero-order chi connectivity index (χ0) is 12.9. The first-order valence-corrected chi connectivity index (χ1v) is 6.95. The monoisotopic (exact) mass is 284 g/mol. The van der Waals surface area contributed by atoms with Crippen molar-refractivity contribution in [2.24, 2.45) is 29.6 Å². The van der Waals surface area contributed by atoms with E-state index in [1.54, 1.807) is 0 Å². The van der Waals surface area contributed by atoms with Gasteiger partial charge in [0.05, 0.1) is 12.5 Å². The summed E-state index contributed by atoms with van der Waals surface area (Å²) in [5, 5.41) is 0. The molecule has 6 atom stereocenters. The Labute approximate surface area is 122 Å². The maximum absolute atomic E-state index is 12.2. The van der Waals surface area contributed by atoms with Crippen LogP contribution in [-0.2, 0) is 19.1 Å². The summed E-state index contributed by atoms with van der Waals surface area (Å²) in [6.45, 7) is 4.89. The minimum atomic E-state index is -0.649. The molecule has 2 bridgehead atoms. The molecule has 4 nitrogen and oxygen atoms in total. The van der Waals surface area contributed by atoms with Gasteiger partial charge in [-0.25, -0.2) is 4.79 Å². The van der Waals surface area contributed by atoms with Crippen LogP contribution in [0.3, 0.4) is 0 Å². The molecule has 0 aromatic rings. The Bertz CT molecular complexity index is 377. The van der Waals surface area contributed by atoms with Crippen molar-refractivity contribution in [2.45, 2.75) is 54.1 Å². The summed E-state index contributed by atoms with van der Waals surface area (Å²) in [4.78, 5) is 23.5. The van der Waals surface area contributed by atoms with Gasteiger partial charge in [-0.2, -0.15) is 0 Å². The molecule has 6 unspecified atom stereocenters. The van der Waals surface area contributed by atoms with Crippen LogP contribution in [0, 0.1) is 29.6 Å². The number of carbonyl (C=O) groups excluding carboxylic acids is 2. The molecule has 4 heteroatoms. The van der Waals surface area contributed by atoms with E-state index in [1.165, 1.54) is 0 Å². The Morgan fingerprint density at radius 1 is 1.20 bits per heavy atom. The first-order valence-electron chi connectivity index (χ1n) is 6.95. The molecule has 0 amide bonds. The summed E-state index contributed by atoms with van der Waals surface area (Å²) < 4.78 is 10.1. The first kappa shape index (κ1) is 17.0. The van der Waals surface area contributed by atoms with Crippen LogP contribution >= 0.6 is 0 Å². The molecular formula is C16H28O4. The molecule has 1 saturated heterocycles. The molecule has 116 valence electrons. The number of hydrogen-bond donors (Lipinski definition) is 0. The van der Waals surface area contributed by atoms with E-state index in [4.69, 9.17) is 9.47 Å². The average molecular weight is 284 g/mol. The zero-order valence-electron chi connectivity index (χ0n) is 10.9. The first-order chi connectivity index (χ1) is 8.58. The Kier molecular flexibility index (Phi) is 5.22. The van der Waals surface area contributed by atoms with E-state index < -0.39 is 6.10 Å². The molecule has 20 heavy (non-hydrogen) atoms. The fraction of sp³-hybridized carbons (Fsp3) is 0.875. The van der Waals surface area contributed by atoms with Crippen molar-refractivity contribution in [1.29, 1.82) is 0 Å². The second kappa shape index (κ2) is 6.15. The minimum absolute atomic E-state index is 0. The summed E-state index contributed by atoms with van der Waals surface area (Å²) >= 11 is 0. The van der Waals surface area contributed by atoms with Crippen LogP contribution in [0.15, 0.2) is 0 Å². The van der Waals surface area contributed by atoms with Crippen LogP contribution in [-0.4, -0.2) is 24.6 Å². The van der Waals surface area contributed by atoms with Crippen molar-refractivity contribution in [3.05, 3.63) is 0 Å². The fourth-order valence-electron chi connectivity index (χ4n) is 4.02. The largest absolute Gasteiger partial charge is 0.463 e. The molecular weight excluding hydrogens is 256 g/mol. The number of carbonyl (C=O) groups is 2. The molecule has 3 rings (SSSR count). The summed E-state index contributed by atoms with van der Waals surface area (Å²) in [7, 11) is 0. The molecule has 1 aliphatic heterocycles. The highest BCUT2D eigenvalue weighted by Gasteiger charge is 2.52. The maximum Gasteiger partial charge on any atom is 0.347 e. The van der Waals surface area contributed by atoms with Crippen molar-refractivity contribution in [3.8, 4) is 0 Å². The third-order valence-corrected chi connectivity index (χ3v) is 5.35. The van der Waals surface area contributed by atoms with Gasteiger partial charge < -0.3 is 9.47 Å². The Morgan fingerprint density at radius 2 is 1.90 bits per heavy atom. The molecule has 0 radical (unpaired) electrons. The van der Waals surface area contributed by atoms with Crippen molar-refractivity contribution in [3.63, 3.8) is 0 Å². The predicted octanol–water partition coefficient (Wildman–Crippen LogP) is 3.05. The average Bonchev–Trinajstić information content (AvgIpc) is 2.99. The predicted molar refractivity (Wildman–Crippen MR) is 77.0 cm³/mol. The van der Waals surface area contributed by atoms with Crippen LogP contribution in [0.1, 0.15) is 48.0 Å². The normalized spacial score (nSPS) is 41.6. The SMILES string of the molecule is C.C.CC1C2CC(C(=O)OC3CCOC3=O)C(C2)C1C. The molecule has 0 spiro atoms. The molecule has 1 heterocycles. The van der Waals surface area contributed by atoms with Gasteiger partial charge in [0, 0.05) is 6.42 Å². The van der Waals surface area contributed by atoms with E-state index in [-0.39, 0.29) is 32.7 Å². The Morgan fingerprint density at radius 3 is 2.40 bits per heavy atom. The summed E-state index contributed by atoms with van der Waals surface area (Å²) in [5.41, 5.74) is 0. The second-order valence-electron chi connectivity index (χ2n) is 6.10. The maximum atomic E-state index is 12.2. The van der Waals surface area contributed by atoms with Gasteiger partial charge in [-0.15, -0.1) is 0 Å². The van der Waals surface area contributed by atoms with Gasteiger partial charge in [-0.1, -0.05) is 28.7 Å². The second-order valence-corrected chi connectivity index (χ2v) is 6.10. The molecule has 3 aliphatic rings. The van der Waals surface area contributed by atoms with Crippen molar-refractivity contribution < 1.29 is 19.1 Å². The van der Waals surface area contributed by atoms with Gasteiger partial charge in [0.2, 0.25) is 6.10 Å². The highest BCUT2D eigenvalue weighted by Crippen LogP contribution is 2.55. The van der Waals surface area contributed by atoms with Crippen LogP contribution in [0.25, 0.3) is 0 Å². The van der Waals surface area contributed by atoms with Gasteiger partial charge in [-0.3, -0.25) is 4.79 Å². The summed E-state index contributed by atoms with van der Waals surface area (Å²) in [5.74, 6) is 1.88. The van der Waals surface area contributed by atoms with Gasteiger partial charge in [-0.05, 0) is 36.5 Å². The minimum Gasteiger partial charge on any atom is -0.463 e. The summed E-state index contributed by atoms with van der Waals surface area (Å²) in [6, 6.07) is 0. The number of hydrogen-bond acceptors (Lipinski definition) is 4. The van der Waals surface area contributed by atoms with Crippen LogP contribution in [0.2, 0.25) is 0 Å². The lowest BCUT2D eigenvalue weighted by atomic mass is 9.76. The van der Waals surface area contributed by atoms with Gasteiger partial charge in [0.25, 0.3) is 0 Å². The van der Waals surface area contributed by atoms with E-state index >= 15 is 0 Å². The van der Waals surface area contributed by atoms with E-state index in [9.17, 15) is 9.59 Å². The molecule has 2 aliphatic carbocycles. The van der Waals surface area contributed by atoms with Crippen molar-refractivity contribution in [2.75, 3.05) is 6.61 Å². The quantitative estimate of drug-likeness (QED) is 0.731. The third kappa shape index (κ3) is 2.57. The number of rotatable bonds is 2. The summed E-state index contributed by atoms with van der Waals surface area (Å²) in [6.07, 6.45) is 1.95. The van der Waals surface area contributed by atoms with Crippen LogP contribution < -0.4 is 0 Å².